The van der Waals surface area contributed by atoms with E-state index in [1.165, 1.54) is 12.8 Å². The minimum absolute atomic E-state index is 0.374. The first-order valence-electron chi connectivity index (χ1n) is 7.09. The standard InChI is InChI=1S/C16H22OSi/c1-14-10-15(2)16(14,11-17-18(15,3)4)9-12-7-5-6-8-13(12)14/h5-8H,9-11H2,1-4H3/t14-,15+,16-/m0/s1. The lowest BCUT2D eigenvalue weighted by molar-refractivity contribution is -0.0340. The van der Waals surface area contributed by atoms with Crippen LogP contribution in [0.5, 0.6) is 0 Å². The third-order valence-electron chi connectivity index (χ3n) is 6.93. The SMILES string of the molecule is C[C@@]12C[C@]3(C)[C@]1(CO[Si]3(C)C)Cc1ccccc12. The fraction of sp³-hybridized carbons (Fsp3) is 0.625. The van der Waals surface area contributed by atoms with Crippen LogP contribution in [0.3, 0.4) is 0 Å². The predicted octanol–water partition coefficient (Wildman–Crippen LogP) is 3.89. The Morgan fingerprint density at radius 1 is 1.17 bits per heavy atom. The van der Waals surface area contributed by atoms with E-state index in [9.17, 15) is 0 Å². The highest BCUT2D eigenvalue weighted by Crippen LogP contribution is 2.82. The molecule has 0 aromatic heterocycles. The number of benzene rings is 1. The zero-order valence-electron chi connectivity index (χ0n) is 11.8. The molecule has 1 aromatic carbocycles. The van der Waals surface area contributed by atoms with E-state index in [0.717, 1.165) is 6.61 Å². The fourth-order valence-electron chi connectivity index (χ4n) is 5.45. The topological polar surface area (TPSA) is 9.23 Å². The molecular formula is C16H22OSi. The summed E-state index contributed by atoms with van der Waals surface area (Å²) in [6.07, 6.45) is 2.57. The second kappa shape index (κ2) is 2.78. The van der Waals surface area contributed by atoms with Crippen molar-refractivity contribution in [2.75, 3.05) is 6.61 Å². The molecule has 1 nitrogen and oxygen atoms in total. The van der Waals surface area contributed by atoms with E-state index >= 15 is 0 Å². The number of rotatable bonds is 0. The molecule has 0 bridgehead atoms. The van der Waals surface area contributed by atoms with Crippen LogP contribution in [0, 0.1) is 5.41 Å². The van der Waals surface area contributed by atoms with Crippen molar-refractivity contribution in [3.05, 3.63) is 35.4 Å². The van der Waals surface area contributed by atoms with Gasteiger partial charge in [-0.15, -0.1) is 0 Å². The van der Waals surface area contributed by atoms with Crippen molar-refractivity contribution in [1.82, 2.24) is 0 Å². The number of hydrogen-bond acceptors (Lipinski definition) is 1. The van der Waals surface area contributed by atoms with E-state index in [-0.39, 0.29) is 0 Å². The summed E-state index contributed by atoms with van der Waals surface area (Å²) in [4.78, 5) is 0. The zero-order valence-corrected chi connectivity index (χ0v) is 12.8. The molecule has 2 heteroatoms. The quantitative estimate of drug-likeness (QED) is 0.642. The molecule has 1 spiro atoms. The summed E-state index contributed by atoms with van der Waals surface area (Å²) in [5.74, 6) is 0. The molecule has 2 fully saturated rings. The molecule has 1 saturated carbocycles. The molecule has 2 aliphatic carbocycles. The second-order valence-electron chi connectivity index (χ2n) is 7.56. The molecule has 0 amide bonds. The Kier molecular flexibility index (Phi) is 1.74. The molecule has 0 radical (unpaired) electrons. The van der Waals surface area contributed by atoms with Crippen molar-refractivity contribution in [2.45, 2.75) is 50.2 Å². The Labute approximate surface area is 111 Å². The molecular weight excluding hydrogens is 236 g/mol. The van der Waals surface area contributed by atoms with Crippen LogP contribution in [-0.2, 0) is 16.3 Å². The maximum atomic E-state index is 6.37. The Morgan fingerprint density at radius 2 is 1.89 bits per heavy atom. The first kappa shape index (κ1) is 11.2. The number of hydrogen-bond donors (Lipinski definition) is 0. The van der Waals surface area contributed by atoms with Gasteiger partial charge in [0.25, 0.3) is 0 Å². The van der Waals surface area contributed by atoms with Gasteiger partial charge in [0.05, 0.1) is 0 Å². The largest absolute Gasteiger partial charge is 0.416 e. The summed E-state index contributed by atoms with van der Waals surface area (Å²) in [5, 5.41) is 0.466. The normalized spacial score (nSPS) is 47.1. The minimum Gasteiger partial charge on any atom is -0.416 e. The highest BCUT2D eigenvalue weighted by molar-refractivity contribution is 6.75. The summed E-state index contributed by atoms with van der Waals surface area (Å²) in [7, 11) is -1.53. The van der Waals surface area contributed by atoms with Gasteiger partial charge in [0.2, 0.25) is 0 Å². The molecule has 1 heterocycles. The van der Waals surface area contributed by atoms with Gasteiger partial charge in [-0.25, -0.2) is 0 Å². The average molecular weight is 258 g/mol. The monoisotopic (exact) mass is 258 g/mol. The van der Waals surface area contributed by atoms with E-state index in [1.807, 2.05) is 0 Å². The lowest BCUT2D eigenvalue weighted by atomic mass is 9.45. The Morgan fingerprint density at radius 3 is 2.61 bits per heavy atom. The molecule has 0 unspecified atom stereocenters. The van der Waals surface area contributed by atoms with Gasteiger partial charge in [-0.3, -0.25) is 0 Å². The van der Waals surface area contributed by atoms with E-state index in [1.54, 1.807) is 11.1 Å². The smallest absolute Gasteiger partial charge is 0.193 e. The molecule has 3 aliphatic rings. The van der Waals surface area contributed by atoms with E-state index in [0.29, 0.717) is 15.9 Å². The third kappa shape index (κ3) is 0.847. The van der Waals surface area contributed by atoms with Gasteiger partial charge in [-0.2, -0.15) is 0 Å². The van der Waals surface area contributed by atoms with Crippen molar-refractivity contribution in [3.63, 3.8) is 0 Å². The van der Waals surface area contributed by atoms with Gasteiger partial charge in [-0.1, -0.05) is 38.1 Å². The minimum atomic E-state index is -1.53. The molecule has 4 rings (SSSR count). The van der Waals surface area contributed by atoms with Crippen molar-refractivity contribution < 1.29 is 4.43 Å². The summed E-state index contributed by atoms with van der Waals surface area (Å²) in [6.45, 7) is 10.8. The van der Waals surface area contributed by atoms with Crippen LogP contribution in [0.25, 0.3) is 0 Å². The van der Waals surface area contributed by atoms with E-state index in [2.05, 4.69) is 51.2 Å². The maximum absolute atomic E-state index is 6.37. The Bertz CT molecular complexity index is 552. The first-order valence-corrected chi connectivity index (χ1v) is 10.00. The number of fused-ring (bicyclic) bond motifs is 2. The molecule has 96 valence electrons. The van der Waals surface area contributed by atoms with Crippen molar-refractivity contribution in [2.24, 2.45) is 5.41 Å². The van der Waals surface area contributed by atoms with Gasteiger partial charge in [0, 0.05) is 17.4 Å². The fourth-order valence-corrected chi connectivity index (χ4v) is 8.74. The molecule has 1 saturated heterocycles. The first-order chi connectivity index (χ1) is 8.36. The summed E-state index contributed by atoms with van der Waals surface area (Å²) >= 11 is 0. The summed E-state index contributed by atoms with van der Waals surface area (Å²) in [5.41, 5.74) is 3.97. The van der Waals surface area contributed by atoms with Crippen LogP contribution in [0.15, 0.2) is 24.3 Å². The summed E-state index contributed by atoms with van der Waals surface area (Å²) in [6, 6.07) is 9.09. The van der Waals surface area contributed by atoms with Crippen molar-refractivity contribution >= 4 is 8.32 Å². The van der Waals surface area contributed by atoms with Crippen LogP contribution in [0.4, 0.5) is 0 Å². The average Bonchev–Trinajstić information content (AvgIpc) is 2.61. The molecule has 18 heavy (non-hydrogen) atoms. The molecule has 1 aromatic rings. The second-order valence-corrected chi connectivity index (χ2v) is 12.0. The van der Waals surface area contributed by atoms with Crippen LogP contribution in [0.2, 0.25) is 18.1 Å². The highest BCUT2D eigenvalue weighted by Gasteiger charge is 2.80. The maximum Gasteiger partial charge on any atom is 0.193 e. The van der Waals surface area contributed by atoms with Gasteiger partial charge in [-0.05, 0) is 42.1 Å². The van der Waals surface area contributed by atoms with E-state index < -0.39 is 8.32 Å². The zero-order chi connectivity index (χ0) is 12.8. The van der Waals surface area contributed by atoms with E-state index in [4.69, 9.17) is 4.43 Å². The third-order valence-corrected chi connectivity index (χ3v) is 11.1. The lowest BCUT2D eigenvalue weighted by Gasteiger charge is -2.65. The van der Waals surface area contributed by atoms with Crippen LogP contribution in [-0.4, -0.2) is 14.9 Å². The Hall–Kier alpha value is -0.603. The van der Waals surface area contributed by atoms with Crippen LogP contribution in [0.1, 0.15) is 31.4 Å². The van der Waals surface area contributed by atoms with Gasteiger partial charge < -0.3 is 4.43 Å². The van der Waals surface area contributed by atoms with Crippen LogP contribution < -0.4 is 0 Å². The van der Waals surface area contributed by atoms with Gasteiger partial charge >= 0.3 is 0 Å². The molecule has 3 atom stereocenters. The Balaban J connectivity index is 1.92. The van der Waals surface area contributed by atoms with Gasteiger partial charge in [0.15, 0.2) is 8.32 Å². The van der Waals surface area contributed by atoms with Gasteiger partial charge in [0.1, 0.15) is 0 Å². The van der Waals surface area contributed by atoms with Crippen molar-refractivity contribution in [1.29, 1.82) is 0 Å². The van der Waals surface area contributed by atoms with Crippen molar-refractivity contribution in [3.8, 4) is 0 Å². The highest BCUT2D eigenvalue weighted by atomic mass is 28.4. The van der Waals surface area contributed by atoms with Crippen LogP contribution >= 0.6 is 0 Å². The summed E-state index contributed by atoms with van der Waals surface area (Å²) < 4.78 is 6.37. The predicted molar refractivity (Wildman–Crippen MR) is 76.3 cm³/mol. The molecule has 1 aliphatic heterocycles. The molecule has 0 N–H and O–H groups in total. The lowest BCUT2D eigenvalue weighted by Crippen LogP contribution is -2.64.